The molecule has 0 atom stereocenters. The van der Waals surface area contributed by atoms with Gasteiger partial charge in [-0.25, -0.2) is 4.98 Å². The third kappa shape index (κ3) is 3.11. The van der Waals surface area contributed by atoms with Crippen molar-refractivity contribution in [3.63, 3.8) is 0 Å². The number of nitrogens with one attached hydrogen (secondary N) is 1. The molecular formula is C19H14BClN4. The Kier molecular flexibility index (Phi) is 4.16. The number of halogens is 1. The summed E-state index contributed by atoms with van der Waals surface area (Å²) in [6, 6.07) is 13.7. The van der Waals surface area contributed by atoms with Gasteiger partial charge in [-0.05, 0) is 29.4 Å². The van der Waals surface area contributed by atoms with E-state index in [9.17, 15) is 0 Å². The number of anilines is 1. The van der Waals surface area contributed by atoms with E-state index in [2.05, 4.69) is 15.3 Å². The van der Waals surface area contributed by atoms with E-state index in [4.69, 9.17) is 19.4 Å². The van der Waals surface area contributed by atoms with Crippen LogP contribution >= 0.6 is 11.6 Å². The van der Waals surface area contributed by atoms with Crippen LogP contribution in [0.15, 0.2) is 67.3 Å². The zero-order valence-electron chi connectivity index (χ0n) is 13.4. The average Bonchev–Trinajstić information content (AvgIpc) is 3.02. The van der Waals surface area contributed by atoms with Gasteiger partial charge in [-0.15, -0.1) is 0 Å². The number of pyridine rings is 2. The maximum absolute atomic E-state index is 6.36. The minimum Gasteiger partial charge on any atom is -0.378 e. The summed E-state index contributed by atoms with van der Waals surface area (Å²) >= 11 is 6.36. The van der Waals surface area contributed by atoms with Crippen LogP contribution in [0.5, 0.6) is 0 Å². The highest BCUT2D eigenvalue weighted by Gasteiger charge is 2.11. The molecule has 0 fully saturated rings. The second-order valence-corrected chi connectivity index (χ2v) is 6.12. The van der Waals surface area contributed by atoms with Gasteiger partial charge in [-0.2, -0.15) is 0 Å². The summed E-state index contributed by atoms with van der Waals surface area (Å²) in [5, 5.41) is 4.12. The SMILES string of the molecule is [B]c1cnc2c(NCc3cccnc3)cc(-c3ccccc3Cl)cn12. The normalized spacial score (nSPS) is 10.9. The van der Waals surface area contributed by atoms with Crippen molar-refractivity contribution in [3.05, 3.63) is 77.8 Å². The molecule has 6 heteroatoms. The molecule has 2 radical (unpaired) electrons. The number of hydrogen-bond acceptors (Lipinski definition) is 3. The summed E-state index contributed by atoms with van der Waals surface area (Å²) in [6.07, 6.45) is 7.20. The molecule has 1 aromatic carbocycles. The Hall–Kier alpha value is -2.79. The molecule has 0 spiro atoms. The van der Waals surface area contributed by atoms with Gasteiger partial charge < -0.3 is 9.72 Å². The number of nitrogens with zero attached hydrogens (tertiary/aromatic N) is 3. The molecule has 0 unspecified atom stereocenters. The molecule has 0 aliphatic carbocycles. The monoisotopic (exact) mass is 344 g/mol. The maximum atomic E-state index is 6.36. The van der Waals surface area contributed by atoms with Gasteiger partial charge in [0.15, 0.2) is 5.65 Å². The van der Waals surface area contributed by atoms with Gasteiger partial charge in [0.2, 0.25) is 0 Å². The molecule has 25 heavy (non-hydrogen) atoms. The molecule has 3 heterocycles. The lowest BCUT2D eigenvalue weighted by atomic mass is 10.0. The van der Waals surface area contributed by atoms with E-state index in [1.807, 2.05) is 59.3 Å². The Morgan fingerprint density at radius 3 is 2.80 bits per heavy atom. The molecule has 0 aliphatic rings. The molecule has 0 saturated carbocycles. The van der Waals surface area contributed by atoms with E-state index in [1.165, 1.54) is 0 Å². The van der Waals surface area contributed by atoms with Gasteiger partial charge in [0.1, 0.15) is 7.85 Å². The molecule has 4 rings (SSSR count). The summed E-state index contributed by atoms with van der Waals surface area (Å²) in [5.74, 6) is 0. The Bertz CT molecular complexity index is 1030. The Balaban J connectivity index is 1.78. The van der Waals surface area contributed by atoms with Crippen molar-refractivity contribution in [1.29, 1.82) is 0 Å². The molecule has 0 aliphatic heterocycles. The van der Waals surface area contributed by atoms with Crippen molar-refractivity contribution in [3.8, 4) is 11.1 Å². The van der Waals surface area contributed by atoms with E-state index in [1.54, 1.807) is 12.4 Å². The van der Waals surface area contributed by atoms with Crippen LogP contribution in [0.1, 0.15) is 5.56 Å². The molecular weight excluding hydrogens is 331 g/mol. The fourth-order valence-electron chi connectivity index (χ4n) is 2.78. The van der Waals surface area contributed by atoms with Gasteiger partial charge in [-0.1, -0.05) is 35.9 Å². The van der Waals surface area contributed by atoms with Crippen molar-refractivity contribution in [1.82, 2.24) is 14.4 Å². The predicted molar refractivity (Wildman–Crippen MR) is 103 cm³/mol. The van der Waals surface area contributed by atoms with Crippen LogP contribution in [-0.2, 0) is 6.54 Å². The van der Waals surface area contributed by atoms with E-state index in [-0.39, 0.29) is 0 Å². The first kappa shape index (κ1) is 15.7. The number of benzene rings is 1. The van der Waals surface area contributed by atoms with E-state index in [0.29, 0.717) is 17.2 Å². The number of aromatic nitrogens is 3. The highest BCUT2D eigenvalue weighted by atomic mass is 35.5. The Labute approximate surface area is 151 Å². The van der Waals surface area contributed by atoms with E-state index < -0.39 is 0 Å². The van der Waals surface area contributed by atoms with Crippen LogP contribution in [0, 0.1) is 0 Å². The van der Waals surface area contributed by atoms with Gasteiger partial charge in [0.05, 0.1) is 5.69 Å². The smallest absolute Gasteiger partial charge is 0.159 e. The molecule has 3 aromatic heterocycles. The zero-order chi connectivity index (χ0) is 17.2. The van der Waals surface area contributed by atoms with Crippen molar-refractivity contribution >= 4 is 36.4 Å². The molecule has 1 N–H and O–H groups in total. The largest absolute Gasteiger partial charge is 0.378 e. The summed E-state index contributed by atoms with van der Waals surface area (Å²) in [4.78, 5) is 8.56. The summed E-state index contributed by atoms with van der Waals surface area (Å²) in [7, 11) is 6.07. The first-order chi connectivity index (χ1) is 12.2. The van der Waals surface area contributed by atoms with Crippen LogP contribution in [0.3, 0.4) is 0 Å². The Morgan fingerprint density at radius 2 is 2.00 bits per heavy atom. The summed E-state index contributed by atoms with van der Waals surface area (Å²) in [6.45, 7) is 0.641. The van der Waals surface area contributed by atoms with Crippen molar-refractivity contribution in [2.75, 3.05) is 5.32 Å². The molecule has 4 nitrogen and oxygen atoms in total. The summed E-state index contributed by atoms with van der Waals surface area (Å²) in [5.41, 5.74) is 5.24. The molecule has 0 saturated heterocycles. The second-order valence-electron chi connectivity index (χ2n) is 5.71. The first-order valence-electron chi connectivity index (χ1n) is 7.86. The molecule has 0 bridgehead atoms. The van der Waals surface area contributed by atoms with Crippen LogP contribution in [-0.4, -0.2) is 22.2 Å². The molecule has 120 valence electrons. The van der Waals surface area contributed by atoms with Gasteiger partial charge in [0, 0.05) is 47.5 Å². The lowest BCUT2D eigenvalue weighted by Gasteiger charge is -2.12. The topological polar surface area (TPSA) is 42.2 Å². The highest BCUT2D eigenvalue weighted by Crippen LogP contribution is 2.30. The lowest BCUT2D eigenvalue weighted by molar-refractivity contribution is 1.10. The third-order valence-corrected chi connectivity index (χ3v) is 4.35. The number of rotatable bonds is 4. The zero-order valence-corrected chi connectivity index (χ0v) is 14.1. The van der Waals surface area contributed by atoms with Crippen LogP contribution < -0.4 is 10.9 Å². The van der Waals surface area contributed by atoms with Crippen LogP contribution in [0.25, 0.3) is 16.8 Å². The minimum absolute atomic E-state index is 0.577. The fourth-order valence-corrected chi connectivity index (χ4v) is 3.02. The highest BCUT2D eigenvalue weighted by molar-refractivity contribution is 6.33. The first-order valence-corrected chi connectivity index (χ1v) is 8.24. The maximum Gasteiger partial charge on any atom is 0.159 e. The minimum atomic E-state index is 0.577. The van der Waals surface area contributed by atoms with E-state index in [0.717, 1.165) is 28.0 Å². The van der Waals surface area contributed by atoms with Crippen LogP contribution in [0.4, 0.5) is 5.69 Å². The predicted octanol–water partition coefficient (Wildman–Crippen LogP) is 3.46. The quantitative estimate of drug-likeness (QED) is 0.577. The molecule has 0 amide bonds. The van der Waals surface area contributed by atoms with Crippen LogP contribution in [0.2, 0.25) is 5.02 Å². The van der Waals surface area contributed by atoms with Gasteiger partial charge in [-0.3, -0.25) is 4.98 Å². The standard InChI is InChI=1S/C19H14BClN4/c20-18-11-24-19-17(23-10-13-4-3-7-22-9-13)8-14(12-25(18)19)15-5-1-2-6-16(15)21/h1-9,11-12,23H,10H2. The van der Waals surface area contributed by atoms with Crippen molar-refractivity contribution in [2.24, 2.45) is 0 Å². The summed E-state index contributed by atoms with van der Waals surface area (Å²) < 4.78 is 1.87. The van der Waals surface area contributed by atoms with Crippen molar-refractivity contribution in [2.45, 2.75) is 6.54 Å². The lowest BCUT2D eigenvalue weighted by Crippen LogP contribution is -2.10. The average molecular weight is 345 g/mol. The number of fused-ring (bicyclic) bond motifs is 1. The van der Waals surface area contributed by atoms with Gasteiger partial charge in [0.25, 0.3) is 0 Å². The van der Waals surface area contributed by atoms with E-state index >= 15 is 0 Å². The fraction of sp³-hybridized carbons (Fsp3) is 0.0526. The molecule has 4 aromatic rings. The van der Waals surface area contributed by atoms with Crippen molar-refractivity contribution < 1.29 is 0 Å². The third-order valence-electron chi connectivity index (χ3n) is 4.03. The second kappa shape index (κ2) is 6.61. The number of imidazole rings is 1. The van der Waals surface area contributed by atoms with Gasteiger partial charge >= 0.3 is 0 Å². The Morgan fingerprint density at radius 1 is 1.12 bits per heavy atom. The number of hydrogen-bond donors (Lipinski definition) is 1.